The Morgan fingerprint density at radius 2 is 2.39 bits per heavy atom. The molecule has 0 aliphatic heterocycles. The van der Waals surface area contributed by atoms with Crippen molar-refractivity contribution in [2.75, 3.05) is 11.9 Å². The van der Waals surface area contributed by atoms with Gasteiger partial charge in [-0.05, 0) is 33.8 Å². The molecule has 0 bridgehead atoms. The Labute approximate surface area is 117 Å². The van der Waals surface area contributed by atoms with E-state index in [0.717, 1.165) is 29.0 Å². The molecule has 0 atom stereocenters. The van der Waals surface area contributed by atoms with Gasteiger partial charge < -0.3 is 9.72 Å². The van der Waals surface area contributed by atoms with Gasteiger partial charge in [0.05, 0.1) is 0 Å². The highest BCUT2D eigenvalue weighted by Gasteiger charge is 2.05. The molecule has 0 amide bonds. The van der Waals surface area contributed by atoms with Crippen LogP contribution in [-0.4, -0.2) is 20.9 Å². The average Bonchev–Trinajstić information content (AvgIpc) is 2.98. The van der Waals surface area contributed by atoms with Crippen molar-refractivity contribution in [3.05, 3.63) is 45.6 Å². The molecule has 0 unspecified atom stereocenters. The minimum absolute atomic E-state index is 0.798. The first-order chi connectivity index (χ1) is 8.83. The van der Waals surface area contributed by atoms with Crippen molar-refractivity contribution in [2.24, 2.45) is 0 Å². The van der Waals surface area contributed by atoms with Crippen LogP contribution < -0.4 is 5.32 Å². The van der Waals surface area contributed by atoms with Crippen LogP contribution in [0.4, 0.5) is 5.82 Å². The first kappa shape index (κ1) is 11.7. The van der Waals surface area contributed by atoms with E-state index in [1.54, 1.807) is 17.5 Å². The predicted octanol–water partition coefficient (Wildman–Crippen LogP) is 3.21. The van der Waals surface area contributed by atoms with Gasteiger partial charge in [-0.25, -0.2) is 9.97 Å². The van der Waals surface area contributed by atoms with Gasteiger partial charge in [0.1, 0.15) is 4.60 Å². The van der Waals surface area contributed by atoms with Crippen LogP contribution in [0, 0.1) is 0 Å². The highest BCUT2D eigenvalue weighted by molar-refractivity contribution is 9.10. The Bertz CT molecular complexity index is 647. The maximum atomic E-state index is 4.42. The monoisotopic (exact) mass is 322 g/mol. The summed E-state index contributed by atoms with van der Waals surface area (Å²) in [6, 6.07) is 4.22. The van der Waals surface area contributed by atoms with E-state index in [9.17, 15) is 0 Å². The lowest BCUT2D eigenvalue weighted by molar-refractivity contribution is 1.01. The number of fused-ring (bicyclic) bond motifs is 1. The summed E-state index contributed by atoms with van der Waals surface area (Å²) in [6.07, 6.45) is 6.58. The number of thiophene rings is 1. The Morgan fingerprint density at radius 1 is 1.44 bits per heavy atom. The average molecular weight is 323 g/mol. The molecule has 3 heterocycles. The molecule has 3 rings (SSSR count). The summed E-state index contributed by atoms with van der Waals surface area (Å²) in [5, 5.41) is 5.43. The van der Waals surface area contributed by atoms with Gasteiger partial charge in [0.2, 0.25) is 0 Å². The van der Waals surface area contributed by atoms with Gasteiger partial charge in [-0.1, -0.05) is 6.07 Å². The van der Waals surface area contributed by atoms with Crippen LogP contribution in [0.15, 0.2) is 40.7 Å². The van der Waals surface area contributed by atoms with Gasteiger partial charge in [-0.3, -0.25) is 0 Å². The Hall–Kier alpha value is -1.40. The Kier molecular flexibility index (Phi) is 3.29. The molecule has 4 nitrogen and oxygen atoms in total. The Morgan fingerprint density at radius 3 is 3.22 bits per heavy atom. The lowest BCUT2D eigenvalue weighted by Crippen LogP contribution is -2.07. The first-order valence-electron chi connectivity index (χ1n) is 5.58. The zero-order valence-corrected chi connectivity index (χ0v) is 11.9. The van der Waals surface area contributed by atoms with Crippen LogP contribution >= 0.6 is 27.3 Å². The summed E-state index contributed by atoms with van der Waals surface area (Å²) >= 11 is 5.18. The third kappa shape index (κ3) is 2.39. The molecule has 0 aromatic carbocycles. The summed E-state index contributed by atoms with van der Waals surface area (Å²) in [5.41, 5.74) is 0.851. The number of nitrogens with one attached hydrogen (secondary N) is 1. The van der Waals surface area contributed by atoms with Crippen LogP contribution in [0.3, 0.4) is 0 Å². The highest BCUT2D eigenvalue weighted by Crippen LogP contribution is 2.17. The van der Waals surface area contributed by atoms with Gasteiger partial charge >= 0.3 is 0 Å². The second-order valence-electron chi connectivity index (χ2n) is 3.83. The number of aromatic nitrogens is 3. The zero-order valence-electron chi connectivity index (χ0n) is 9.51. The van der Waals surface area contributed by atoms with Crippen LogP contribution in [0.5, 0.6) is 0 Å². The van der Waals surface area contributed by atoms with E-state index in [4.69, 9.17) is 0 Å². The summed E-state index contributed by atoms with van der Waals surface area (Å²) in [5.74, 6) is 0.811. The second kappa shape index (κ2) is 5.07. The molecule has 1 N–H and O–H groups in total. The van der Waals surface area contributed by atoms with E-state index in [1.807, 2.05) is 16.8 Å². The standard InChI is InChI=1S/C12H11BrN4S/c13-10-8-17-6-5-15-12(17)11(16-10)14-4-3-9-2-1-7-18-9/h1-2,5-8H,3-4H2,(H,14,16). The number of anilines is 1. The van der Waals surface area contributed by atoms with Crippen molar-refractivity contribution in [1.82, 2.24) is 14.4 Å². The Balaban J connectivity index is 1.75. The molecule has 3 aromatic heterocycles. The molecular weight excluding hydrogens is 312 g/mol. The van der Waals surface area contributed by atoms with E-state index in [0.29, 0.717) is 0 Å². The lowest BCUT2D eigenvalue weighted by atomic mass is 10.3. The summed E-state index contributed by atoms with van der Waals surface area (Å²) in [6.45, 7) is 0.854. The van der Waals surface area contributed by atoms with Crippen molar-refractivity contribution in [1.29, 1.82) is 0 Å². The van der Waals surface area contributed by atoms with Crippen molar-refractivity contribution in [3.8, 4) is 0 Å². The van der Waals surface area contributed by atoms with E-state index in [1.165, 1.54) is 4.88 Å². The normalized spacial score (nSPS) is 10.9. The molecule has 0 fully saturated rings. The minimum Gasteiger partial charge on any atom is -0.367 e. The first-order valence-corrected chi connectivity index (χ1v) is 7.25. The van der Waals surface area contributed by atoms with Crippen molar-refractivity contribution < 1.29 is 0 Å². The molecule has 0 aliphatic rings. The fourth-order valence-corrected chi connectivity index (χ4v) is 2.89. The molecule has 3 aromatic rings. The van der Waals surface area contributed by atoms with E-state index >= 15 is 0 Å². The SMILES string of the molecule is Brc1cn2ccnc2c(NCCc2cccs2)n1. The fraction of sp³-hybridized carbons (Fsp3) is 0.167. The van der Waals surface area contributed by atoms with Crippen LogP contribution in [0.1, 0.15) is 4.88 Å². The van der Waals surface area contributed by atoms with Gasteiger partial charge in [-0.15, -0.1) is 11.3 Å². The smallest absolute Gasteiger partial charge is 0.180 e. The van der Waals surface area contributed by atoms with Crippen LogP contribution in [0.25, 0.3) is 5.65 Å². The summed E-state index contributed by atoms with van der Waals surface area (Å²) < 4.78 is 2.75. The molecule has 18 heavy (non-hydrogen) atoms. The maximum Gasteiger partial charge on any atom is 0.180 e. The van der Waals surface area contributed by atoms with Crippen molar-refractivity contribution in [2.45, 2.75) is 6.42 Å². The van der Waals surface area contributed by atoms with Crippen molar-refractivity contribution in [3.63, 3.8) is 0 Å². The largest absolute Gasteiger partial charge is 0.367 e. The number of rotatable bonds is 4. The van der Waals surface area contributed by atoms with Gasteiger partial charge in [0, 0.05) is 30.0 Å². The summed E-state index contributed by atoms with van der Waals surface area (Å²) in [4.78, 5) is 10.1. The van der Waals surface area contributed by atoms with Crippen LogP contribution in [0.2, 0.25) is 0 Å². The van der Waals surface area contributed by atoms with Crippen LogP contribution in [-0.2, 0) is 6.42 Å². The molecule has 0 spiro atoms. The number of nitrogens with zero attached hydrogens (tertiary/aromatic N) is 3. The third-order valence-corrected chi connectivity index (χ3v) is 3.91. The number of hydrogen-bond acceptors (Lipinski definition) is 4. The molecule has 0 radical (unpaired) electrons. The minimum atomic E-state index is 0.798. The van der Waals surface area contributed by atoms with Gasteiger partial charge in [0.15, 0.2) is 11.5 Å². The molecule has 0 aliphatic carbocycles. The number of imidazole rings is 1. The van der Waals surface area contributed by atoms with E-state index in [2.05, 4.69) is 48.7 Å². The lowest BCUT2D eigenvalue weighted by Gasteiger charge is -2.06. The molecule has 0 saturated heterocycles. The number of halogens is 1. The number of hydrogen-bond donors (Lipinski definition) is 1. The molecular formula is C12H11BrN4S. The molecule has 92 valence electrons. The van der Waals surface area contributed by atoms with Crippen molar-refractivity contribution >= 4 is 38.7 Å². The quantitative estimate of drug-likeness (QED) is 0.802. The van der Waals surface area contributed by atoms with Gasteiger partial charge in [-0.2, -0.15) is 0 Å². The topological polar surface area (TPSA) is 42.2 Å². The van der Waals surface area contributed by atoms with Gasteiger partial charge in [0.25, 0.3) is 0 Å². The predicted molar refractivity (Wildman–Crippen MR) is 77.2 cm³/mol. The fourth-order valence-electron chi connectivity index (χ4n) is 1.78. The van der Waals surface area contributed by atoms with E-state index in [-0.39, 0.29) is 0 Å². The zero-order chi connectivity index (χ0) is 12.4. The highest BCUT2D eigenvalue weighted by atomic mass is 79.9. The third-order valence-electron chi connectivity index (χ3n) is 2.59. The maximum absolute atomic E-state index is 4.42. The summed E-state index contributed by atoms with van der Waals surface area (Å²) in [7, 11) is 0. The molecule has 6 heteroatoms. The molecule has 0 saturated carbocycles. The second-order valence-corrected chi connectivity index (χ2v) is 5.67. The van der Waals surface area contributed by atoms with E-state index < -0.39 is 0 Å².